The summed E-state index contributed by atoms with van der Waals surface area (Å²) < 4.78 is 6.72. The molecular weight excluding hydrogens is 338 g/mol. The number of hydrogen-bond donors (Lipinski definition) is 1. The Hall–Kier alpha value is -2.93. The SMILES string of the molecule is Cc1cc(NC(=O)COC(=O)c2sccc2-c2ccccc2)n(C)n1. The Bertz CT molecular complexity index is 899. The second-order valence-corrected chi connectivity index (χ2v) is 6.36. The van der Waals surface area contributed by atoms with Crippen LogP contribution in [0.1, 0.15) is 15.4 Å². The third-order valence-corrected chi connectivity index (χ3v) is 4.43. The molecule has 0 bridgehead atoms. The molecule has 128 valence electrons. The van der Waals surface area contributed by atoms with Gasteiger partial charge in [0.15, 0.2) is 6.61 Å². The first-order valence-corrected chi connectivity index (χ1v) is 8.53. The second kappa shape index (κ2) is 7.31. The van der Waals surface area contributed by atoms with E-state index in [1.165, 1.54) is 11.3 Å². The summed E-state index contributed by atoms with van der Waals surface area (Å²) in [4.78, 5) is 24.8. The highest BCUT2D eigenvalue weighted by atomic mass is 32.1. The highest BCUT2D eigenvalue weighted by molar-refractivity contribution is 7.12. The van der Waals surface area contributed by atoms with E-state index in [0.29, 0.717) is 10.7 Å². The molecule has 3 aromatic rings. The van der Waals surface area contributed by atoms with Gasteiger partial charge in [-0.3, -0.25) is 9.48 Å². The van der Waals surface area contributed by atoms with Gasteiger partial charge in [-0.1, -0.05) is 30.3 Å². The van der Waals surface area contributed by atoms with E-state index in [4.69, 9.17) is 4.74 Å². The number of aryl methyl sites for hydroxylation is 2. The number of carbonyl (C=O) groups is 2. The van der Waals surface area contributed by atoms with Gasteiger partial charge in [0.05, 0.1) is 5.69 Å². The fraction of sp³-hybridized carbons (Fsp3) is 0.167. The molecule has 0 spiro atoms. The van der Waals surface area contributed by atoms with E-state index in [1.807, 2.05) is 48.7 Å². The van der Waals surface area contributed by atoms with Crippen molar-refractivity contribution in [2.24, 2.45) is 7.05 Å². The number of hydrogen-bond acceptors (Lipinski definition) is 5. The maximum Gasteiger partial charge on any atom is 0.349 e. The van der Waals surface area contributed by atoms with Crippen LogP contribution >= 0.6 is 11.3 Å². The van der Waals surface area contributed by atoms with E-state index < -0.39 is 11.9 Å². The molecular formula is C18H17N3O3S. The van der Waals surface area contributed by atoms with Gasteiger partial charge >= 0.3 is 5.97 Å². The van der Waals surface area contributed by atoms with Crippen molar-refractivity contribution in [2.45, 2.75) is 6.92 Å². The van der Waals surface area contributed by atoms with Gasteiger partial charge in [-0.25, -0.2) is 4.79 Å². The molecule has 0 aliphatic carbocycles. The molecule has 0 saturated carbocycles. The first kappa shape index (κ1) is 16.9. The molecule has 0 saturated heterocycles. The fourth-order valence-corrected chi connectivity index (χ4v) is 3.22. The van der Waals surface area contributed by atoms with Gasteiger partial charge in [0.1, 0.15) is 10.7 Å². The molecule has 0 fully saturated rings. The van der Waals surface area contributed by atoms with Gasteiger partial charge in [0.25, 0.3) is 5.91 Å². The molecule has 0 unspecified atom stereocenters. The largest absolute Gasteiger partial charge is 0.451 e. The molecule has 0 radical (unpaired) electrons. The lowest BCUT2D eigenvalue weighted by Crippen LogP contribution is -2.22. The minimum atomic E-state index is -0.509. The van der Waals surface area contributed by atoms with Crippen LogP contribution in [0.15, 0.2) is 47.8 Å². The maximum atomic E-state index is 12.3. The number of nitrogens with one attached hydrogen (secondary N) is 1. The number of anilines is 1. The molecule has 2 heterocycles. The zero-order valence-electron chi connectivity index (χ0n) is 13.9. The summed E-state index contributed by atoms with van der Waals surface area (Å²) >= 11 is 1.29. The van der Waals surface area contributed by atoms with E-state index in [0.717, 1.165) is 16.8 Å². The molecule has 1 aromatic carbocycles. The van der Waals surface area contributed by atoms with Crippen molar-refractivity contribution in [3.8, 4) is 11.1 Å². The Balaban J connectivity index is 1.63. The standard InChI is InChI=1S/C18H17N3O3S/c1-12-10-15(21(2)20-12)19-16(22)11-24-18(23)17-14(8-9-25-17)13-6-4-3-5-7-13/h3-10H,11H2,1-2H3,(H,19,22). The number of amides is 1. The Morgan fingerprint density at radius 3 is 2.68 bits per heavy atom. The number of nitrogens with zero attached hydrogens (tertiary/aromatic N) is 2. The molecule has 0 aliphatic rings. The molecule has 3 rings (SSSR count). The average molecular weight is 355 g/mol. The fourth-order valence-electron chi connectivity index (χ4n) is 2.42. The van der Waals surface area contributed by atoms with Crippen molar-refractivity contribution in [2.75, 3.05) is 11.9 Å². The topological polar surface area (TPSA) is 73.2 Å². The van der Waals surface area contributed by atoms with Crippen molar-refractivity contribution in [3.05, 3.63) is 58.4 Å². The summed E-state index contributed by atoms with van der Waals surface area (Å²) in [5.41, 5.74) is 2.53. The van der Waals surface area contributed by atoms with Crippen molar-refractivity contribution in [1.82, 2.24) is 9.78 Å². The second-order valence-electron chi connectivity index (χ2n) is 5.45. The highest BCUT2D eigenvalue weighted by Crippen LogP contribution is 2.28. The van der Waals surface area contributed by atoms with Crippen molar-refractivity contribution < 1.29 is 14.3 Å². The Kier molecular flexibility index (Phi) is 4.95. The molecule has 7 heteroatoms. The van der Waals surface area contributed by atoms with Gasteiger partial charge in [0, 0.05) is 18.7 Å². The quantitative estimate of drug-likeness (QED) is 0.713. The van der Waals surface area contributed by atoms with Crippen molar-refractivity contribution in [3.63, 3.8) is 0 Å². The van der Waals surface area contributed by atoms with Crippen molar-refractivity contribution >= 4 is 29.0 Å². The number of rotatable bonds is 5. The van der Waals surface area contributed by atoms with E-state index >= 15 is 0 Å². The third-order valence-electron chi connectivity index (χ3n) is 3.54. The number of thiophene rings is 1. The predicted octanol–water partition coefficient (Wildman–Crippen LogP) is 3.25. The zero-order valence-corrected chi connectivity index (χ0v) is 14.7. The van der Waals surface area contributed by atoms with Crippen LogP contribution in [0.25, 0.3) is 11.1 Å². The summed E-state index contributed by atoms with van der Waals surface area (Å²) in [6.45, 7) is 1.48. The first-order chi connectivity index (χ1) is 12.0. The molecule has 25 heavy (non-hydrogen) atoms. The molecule has 6 nitrogen and oxygen atoms in total. The number of benzene rings is 1. The van der Waals surface area contributed by atoms with Crippen LogP contribution in [-0.4, -0.2) is 28.3 Å². The van der Waals surface area contributed by atoms with Gasteiger partial charge in [-0.05, 0) is 23.9 Å². The predicted molar refractivity (Wildman–Crippen MR) is 96.6 cm³/mol. The van der Waals surface area contributed by atoms with Gasteiger partial charge in [-0.2, -0.15) is 5.10 Å². The number of carbonyl (C=O) groups excluding carboxylic acids is 2. The van der Waals surface area contributed by atoms with Crippen LogP contribution in [0.5, 0.6) is 0 Å². The van der Waals surface area contributed by atoms with Crippen LogP contribution in [-0.2, 0) is 16.6 Å². The highest BCUT2D eigenvalue weighted by Gasteiger charge is 2.17. The smallest absolute Gasteiger partial charge is 0.349 e. The van der Waals surface area contributed by atoms with Crippen LogP contribution in [0.2, 0.25) is 0 Å². The van der Waals surface area contributed by atoms with Gasteiger partial charge in [-0.15, -0.1) is 11.3 Å². The molecule has 0 aliphatic heterocycles. The monoisotopic (exact) mass is 355 g/mol. The average Bonchev–Trinajstić information content (AvgIpc) is 3.20. The molecule has 2 aromatic heterocycles. The van der Waals surface area contributed by atoms with E-state index in [-0.39, 0.29) is 6.61 Å². The summed E-state index contributed by atoms with van der Waals surface area (Å²) in [5, 5.41) is 8.64. The third kappa shape index (κ3) is 3.95. The van der Waals surface area contributed by atoms with Crippen LogP contribution in [0, 0.1) is 6.92 Å². The lowest BCUT2D eigenvalue weighted by Gasteiger charge is -2.07. The van der Waals surface area contributed by atoms with E-state index in [9.17, 15) is 9.59 Å². The zero-order chi connectivity index (χ0) is 17.8. The number of esters is 1. The Morgan fingerprint density at radius 1 is 1.24 bits per heavy atom. The Morgan fingerprint density at radius 2 is 2.00 bits per heavy atom. The molecule has 0 atom stereocenters. The lowest BCUT2D eigenvalue weighted by molar-refractivity contribution is -0.119. The molecule has 1 amide bonds. The van der Waals surface area contributed by atoms with Crippen LogP contribution < -0.4 is 5.32 Å². The maximum absolute atomic E-state index is 12.3. The number of aromatic nitrogens is 2. The van der Waals surface area contributed by atoms with Gasteiger partial charge in [0.2, 0.25) is 0 Å². The summed E-state index contributed by atoms with van der Waals surface area (Å²) in [6, 6.07) is 13.2. The Labute approximate surface area is 149 Å². The van der Waals surface area contributed by atoms with E-state index in [1.54, 1.807) is 17.8 Å². The van der Waals surface area contributed by atoms with Crippen LogP contribution in [0.4, 0.5) is 5.82 Å². The lowest BCUT2D eigenvalue weighted by atomic mass is 10.1. The summed E-state index contributed by atoms with van der Waals surface area (Å²) in [6.07, 6.45) is 0. The summed E-state index contributed by atoms with van der Waals surface area (Å²) in [5.74, 6) is -0.362. The van der Waals surface area contributed by atoms with E-state index in [2.05, 4.69) is 10.4 Å². The minimum absolute atomic E-state index is 0.352. The molecule has 1 N–H and O–H groups in total. The van der Waals surface area contributed by atoms with Crippen LogP contribution in [0.3, 0.4) is 0 Å². The minimum Gasteiger partial charge on any atom is -0.451 e. The normalized spacial score (nSPS) is 10.5. The first-order valence-electron chi connectivity index (χ1n) is 7.65. The van der Waals surface area contributed by atoms with Crippen molar-refractivity contribution in [1.29, 1.82) is 0 Å². The van der Waals surface area contributed by atoms with Gasteiger partial charge < -0.3 is 10.1 Å². The summed E-state index contributed by atoms with van der Waals surface area (Å²) in [7, 11) is 1.73. The number of ether oxygens (including phenoxy) is 1.